The third kappa shape index (κ3) is 3.17. The van der Waals surface area contributed by atoms with Gasteiger partial charge in [-0.3, -0.25) is 9.59 Å². The molecule has 0 aliphatic carbocycles. The van der Waals surface area contributed by atoms with Crippen molar-refractivity contribution in [1.82, 2.24) is 0 Å². The standard InChI is InChI=1S/C20H16N2O3/c23-19(21-15-10-9-13-5-1-2-6-14(13)11-15)12-18-20(24)22-16-7-3-4-8-17(16)25-18/h1-11,18H,12H2,(H,21,23)(H,22,24). The van der Waals surface area contributed by atoms with E-state index in [1.165, 1.54) is 0 Å². The molecule has 1 atom stereocenters. The van der Waals surface area contributed by atoms with Gasteiger partial charge in [-0.25, -0.2) is 0 Å². The summed E-state index contributed by atoms with van der Waals surface area (Å²) in [6.07, 6.45) is -0.886. The van der Waals surface area contributed by atoms with Crippen LogP contribution >= 0.6 is 0 Å². The maximum absolute atomic E-state index is 12.3. The average molecular weight is 332 g/mol. The van der Waals surface area contributed by atoms with E-state index in [0.29, 0.717) is 17.1 Å². The summed E-state index contributed by atoms with van der Waals surface area (Å²) in [5.41, 5.74) is 1.32. The van der Waals surface area contributed by atoms with Crippen LogP contribution in [0, 0.1) is 0 Å². The van der Waals surface area contributed by atoms with Crippen molar-refractivity contribution in [3.8, 4) is 5.75 Å². The zero-order valence-electron chi connectivity index (χ0n) is 13.4. The number of carbonyl (C=O) groups is 2. The lowest BCUT2D eigenvalue weighted by atomic mass is 10.1. The molecule has 0 saturated heterocycles. The molecule has 2 amide bonds. The topological polar surface area (TPSA) is 67.4 Å². The molecule has 1 unspecified atom stereocenters. The molecule has 2 N–H and O–H groups in total. The second-order valence-corrected chi connectivity index (χ2v) is 5.91. The van der Waals surface area contributed by atoms with E-state index in [1.807, 2.05) is 54.6 Å². The SMILES string of the molecule is O=C(CC1Oc2ccccc2NC1=O)Nc1ccc2ccccc2c1. The molecule has 3 aromatic carbocycles. The highest BCUT2D eigenvalue weighted by molar-refractivity contribution is 6.02. The summed E-state index contributed by atoms with van der Waals surface area (Å²) in [4.78, 5) is 24.4. The molecule has 0 spiro atoms. The van der Waals surface area contributed by atoms with Gasteiger partial charge in [0.2, 0.25) is 5.91 Å². The van der Waals surface area contributed by atoms with Crippen molar-refractivity contribution >= 4 is 34.0 Å². The number of carbonyl (C=O) groups excluding carboxylic acids is 2. The predicted molar refractivity (Wildman–Crippen MR) is 96.7 cm³/mol. The molecule has 1 heterocycles. The molecule has 5 heteroatoms. The van der Waals surface area contributed by atoms with Gasteiger partial charge in [0, 0.05) is 5.69 Å². The van der Waals surface area contributed by atoms with Gasteiger partial charge in [0.15, 0.2) is 6.10 Å². The Morgan fingerprint density at radius 2 is 1.76 bits per heavy atom. The number of para-hydroxylation sites is 2. The summed E-state index contributed by atoms with van der Waals surface area (Å²) in [5, 5.41) is 7.73. The minimum Gasteiger partial charge on any atom is -0.478 e. The monoisotopic (exact) mass is 332 g/mol. The van der Waals surface area contributed by atoms with Gasteiger partial charge in [0.05, 0.1) is 12.1 Å². The van der Waals surface area contributed by atoms with Crippen LogP contribution in [-0.2, 0) is 9.59 Å². The fraction of sp³-hybridized carbons (Fsp3) is 0.100. The molecule has 4 rings (SSSR count). The fourth-order valence-corrected chi connectivity index (χ4v) is 2.87. The number of anilines is 2. The molecule has 0 aromatic heterocycles. The molecule has 1 aliphatic heterocycles. The molecule has 5 nitrogen and oxygen atoms in total. The van der Waals surface area contributed by atoms with Crippen LogP contribution in [0.2, 0.25) is 0 Å². The van der Waals surface area contributed by atoms with Crippen LogP contribution in [0.4, 0.5) is 11.4 Å². The Kier molecular flexibility index (Phi) is 3.82. The van der Waals surface area contributed by atoms with E-state index >= 15 is 0 Å². The molecule has 0 radical (unpaired) electrons. The molecule has 0 saturated carbocycles. The van der Waals surface area contributed by atoms with E-state index in [4.69, 9.17) is 4.74 Å². The zero-order valence-corrected chi connectivity index (χ0v) is 13.4. The number of nitrogens with one attached hydrogen (secondary N) is 2. The Morgan fingerprint density at radius 3 is 2.64 bits per heavy atom. The first kappa shape index (κ1) is 15.2. The highest BCUT2D eigenvalue weighted by Gasteiger charge is 2.29. The summed E-state index contributed by atoms with van der Waals surface area (Å²) in [5.74, 6) is -0.00669. The normalized spacial score (nSPS) is 15.8. The van der Waals surface area contributed by atoms with Crippen molar-refractivity contribution in [2.24, 2.45) is 0 Å². The number of hydrogen-bond donors (Lipinski definition) is 2. The molecule has 1 aliphatic rings. The van der Waals surface area contributed by atoms with Crippen molar-refractivity contribution < 1.29 is 14.3 Å². The van der Waals surface area contributed by atoms with E-state index < -0.39 is 6.10 Å². The van der Waals surface area contributed by atoms with E-state index in [1.54, 1.807) is 12.1 Å². The van der Waals surface area contributed by atoms with Gasteiger partial charge in [0.25, 0.3) is 5.91 Å². The smallest absolute Gasteiger partial charge is 0.266 e. The van der Waals surface area contributed by atoms with Crippen LogP contribution in [0.25, 0.3) is 10.8 Å². The van der Waals surface area contributed by atoms with Crippen molar-refractivity contribution in [3.05, 3.63) is 66.7 Å². The lowest BCUT2D eigenvalue weighted by Gasteiger charge is -2.25. The molecule has 124 valence electrons. The Hall–Kier alpha value is -3.34. The Labute approximate surface area is 144 Å². The predicted octanol–water partition coefficient (Wildman–Crippen LogP) is 3.57. The second-order valence-electron chi connectivity index (χ2n) is 5.91. The largest absolute Gasteiger partial charge is 0.478 e. The molecular formula is C20H16N2O3. The first-order valence-corrected chi connectivity index (χ1v) is 8.04. The third-order valence-electron chi connectivity index (χ3n) is 4.11. The van der Waals surface area contributed by atoms with Gasteiger partial charge < -0.3 is 15.4 Å². The minimum absolute atomic E-state index is 0.0486. The third-order valence-corrected chi connectivity index (χ3v) is 4.11. The molecule has 0 bridgehead atoms. The van der Waals surface area contributed by atoms with Crippen molar-refractivity contribution in [3.63, 3.8) is 0 Å². The summed E-state index contributed by atoms with van der Waals surface area (Å²) in [6.45, 7) is 0. The highest BCUT2D eigenvalue weighted by atomic mass is 16.5. The van der Waals surface area contributed by atoms with Gasteiger partial charge in [-0.15, -0.1) is 0 Å². The summed E-state index contributed by atoms with van der Waals surface area (Å²) >= 11 is 0. The summed E-state index contributed by atoms with van der Waals surface area (Å²) in [7, 11) is 0. The van der Waals surface area contributed by atoms with Crippen LogP contribution in [0.1, 0.15) is 6.42 Å². The number of amides is 2. The highest BCUT2D eigenvalue weighted by Crippen LogP contribution is 2.29. The second kappa shape index (κ2) is 6.28. The number of fused-ring (bicyclic) bond motifs is 2. The lowest BCUT2D eigenvalue weighted by Crippen LogP contribution is -2.39. The molecule has 0 fully saturated rings. The zero-order chi connectivity index (χ0) is 17.2. The summed E-state index contributed by atoms with van der Waals surface area (Å²) in [6, 6.07) is 20.8. The Bertz CT molecular complexity index is 968. The number of benzene rings is 3. The molecule has 3 aromatic rings. The van der Waals surface area contributed by atoms with Crippen molar-refractivity contribution in [2.45, 2.75) is 12.5 Å². The van der Waals surface area contributed by atoms with Gasteiger partial charge in [-0.05, 0) is 35.0 Å². The van der Waals surface area contributed by atoms with E-state index in [2.05, 4.69) is 10.6 Å². The number of rotatable bonds is 3. The van der Waals surface area contributed by atoms with Gasteiger partial charge in [0.1, 0.15) is 5.75 Å². The van der Waals surface area contributed by atoms with Crippen LogP contribution in [0.15, 0.2) is 66.7 Å². The number of ether oxygens (including phenoxy) is 1. The molecule has 25 heavy (non-hydrogen) atoms. The van der Waals surface area contributed by atoms with E-state index in [0.717, 1.165) is 10.8 Å². The van der Waals surface area contributed by atoms with E-state index in [-0.39, 0.29) is 18.2 Å². The Balaban J connectivity index is 1.45. The average Bonchev–Trinajstić information content (AvgIpc) is 2.62. The van der Waals surface area contributed by atoms with Crippen LogP contribution < -0.4 is 15.4 Å². The fourth-order valence-electron chi connectivity index (χ4n) is 2.87. The molecular weight excluding hydrogens is 316 g/mol. The minimum atomic E-state index is -0.838. The van der Waals surface area contributed by atoms with Gasteiger partial charge in [-0.1, -0.05) is 42.5 Å². The van der Waals surface area contributed by atoms with Gasteiger partial charge in [-0.2, -0.15) is 0 Å². The van der Waals surface area contributed by atoms with Crippen molar-refractivity contribution in [1.29, 1.82) is 0 Å². The van der Waals surface area contributed by atoms with Crippen LogP contribution in [0.5, 0.6) is 5.75 Å². The lowest BCUT2D eigenvalue weighted by molar-refractivity contribution is -0.128. The van der Waals surface area contributed by atoms with E-state index in [9.17, 15) is 9.59 Å². The maximum Gasteiger partial charge on any atom is 0.266 e. The maximum atomic E-state index is 12.3. The number of hydrogen-bond acceptors (Lipinski definition) is 3. The van der Waals surface area contributed by atoms with Gasteiger partial charge >= 0.3 is 0 Å². The first-order valence-electron chi connectivity index (χ1n) is 8.04. The van der Waals surface area contributed by atoms with Crippen molar-refractivity contribution in [2.75, 3.05) is 10.6 Å². The summed E-state index contributed by atoms with van der Waals surface area (Å²) < 4.78 is 5.65. The first-order chi connectivity index (χ1) is 12.2. The quantitative estimate of drug-likeness (QED) is 0.770. The van der Waals surface area contributed by atoms with Crippen LogP contribution in [-0.4, -0.2) is 17.9 Å². The van der Waals surface area contributed by atoms with Crippen LogP contribution in [0.3, 0.4) is 0 Å². The Morgan fingerprint density at radius 1 is 1.00 bits per heavy atom.